The van der Waals surface area contributed by atoms with Crippen LogP contribution in [0.15, 0.2) is 0 Å². The summed E-state index contributed by atoms with van der Waals surface area (Å²) in [6.45, 7) is 0.857. The molecule has 0 unspecified atom stereocenters. The second-order valence-electron chi connectivity index (χ2n) is 2.82. The lowest BCUT2D eigenvalue weighted by atomic mass is 10.3. The lowest BCUT2D eigenvalue weighted by Gasteiger charge is -2.14. The summed E-state index contributed by atoms with van der Waals surface area (Å²) in [5.74, 6) is -4.53. The summed E-state index contributed by atoms with van der Waals surface area (Å²) in [7, 11) is -5.58. The van der Waals surface area contributed by atoms with Crippen LogP contribution < -0.4 is 5.32 Å². The molecule has 0 radical (unpaired) electrons. The van der Waals surface area contributed by atoms with Gasteiger partial charge in [0.15, 0.2) is 0 Å². The van der Waals surface area contributed by atoms with Crippen molar-refractivity contribution in [1.29, 1.82) is 0 Å². The highest BCUT2D eigenvalue weighted by Crippen LogP contribution is 2.24. The van der Waals surface area contributed by atoms with Crippen molar-refractivity contribution in [3.05, 3.63) is 0 Å². The number of carbonyl (C=O) groups is 2. The summed E-state index contributed by atoms with van der Waals surface area (Å²) < 4.78 is 56.9. The second-order valence-corrected chi connectivity index (χ2v) is 4.84. The van der Waals surface area contributed by atoms with E-state index < -0.39 is 39.0 Å². The molecule has 0 spiro atoms. The highest BCUT2D eigenvalue weighted by Gasteiger charge is 2.47. The summed E-state index contributed by atoms with van der Waals surface area (Å²) in [6.07, 6.45) is 0. The molecular formula is C6H8F3NO5S. The van der Waals surface area contributed by atoms with Gasteiger partial charge >= 0.3 is 11.5 Å². The maximum atomic E-state index is 11.9. The van der Waals surface area contributed by atoms with Crippen LogP contribution >= 0.6 is 0 Å². The highest BCUT2D eigenvalue weighted by molar-refractivity contribution is 7.92. The third-order valence-corrected chi connectivity index (χ3v) is 2.89. The number of halogens is 3. The van der Waals surface area contributed by atoms with Gasteiger partial charge in [0.1, 0.15) is 6.04 Å². The largest absolute Gasteiger partial charge is 0.497 e. The molecule has 0 saturated heterocycles. The Bertz CT molecular complexity index is 387. The van der Waals surface area contributed by atoms with Gasteiger partial charge in [-0.25, -0.2) is 13.2 Å². The van der Waals surface area contributed by atoms with Crippen molar-refractivity contribution in [2.75, 3.05) is 5.75 Å². The van der Waals surface area contributed by atoms with E-state index in [1.165, 1.54) is 0 Å². The number of sulfone groups is 1. The molecule has 0 aromatic rings. The second kappa shape index (κ2) is 4.68. The van der Waals surface area contributed by atoms with E-state index >= 15 is 0 Å². The predicted octanol–water partition coefficient (Wildman–Crippen LogP) is -0.490. The molecule has 10 heteroatoms. The Balaban J connectivity index is 4.91. The van der Waals surface area contributed by atoms with Crippen LogP contribution in [0.3, 0.4) is 0 Å². The Morgan fingerprint density at radius 1 is 1.38 bits per heavy atom. The smallest absolute Gasteiger partial charge is 0.480 e. The molecular weight excluding hydrogens is 255 g/mol. The van der Waals surface area contributed by atoms with Crippen molar-refractivity contribution in [1.82, 2.24) is 5.32 Å². The Hall–Kier alpha value is -1.32. The standard InChI is InChI=1S/C6H8F3NO5S/c1-3(11)10-4(5(12)13)2-16(14,15)6(7,8)9/h4H,2H2,1H3,(H,10,11)(H,12,13)/t4-/m0/s1. The number of amides is 1. The zero-order valence-electron chi connectivity index (χ0n) is 7.91. The first kappa shape index (κ1) is 14.7. The van der Waals surface area contributed by atoms with Crippen molar-refractivity contribution in [3.63, 3.8) is 0 Å². The first-order chi connectivity index (χ1) is 6.97. The minimum Gasteiger partial charge on any atom is -0.480 e. The molecule has 0 aliphatic heterocycles. The summed E-state index contributed by atoms with van der Waals surface area (Å²) in [4.78, 5) is 20.8. The van der Waals surface area contributed by atoms with E-state index in [1.807, 2.05) is 0 Å². The number of carbonyl (C=O) groups excluding carboxylic acids is 1. The van der Waals surface area contributed by atoms with E-state index in [9.17, 15) is 31.2 Å². The lowest BCUT2D eigenvalue weighted by Crippen LogP contribution is -2.46. The van der Waals surface area contributed by atoms with Gasteiger partial charge in [0.2, 0.25) is 15.7 Å². The maximum absolute atomic E-state index is 11.9. The van der Waals surface area contributed by atoms with E-state index in [4.69, 9.17) is 5.11 Å². The van der Waals surface area contributed by atoms with Crippen molar-refractivity contribution < 1.29 is 36.3 Å². The van der Waals surface area contributed by atoms with Gasteiger partial charge in [-0.05, 0) is 0 Å². The van der Waals surface area contributed by atoms with Crippen molar-refractivity contribution in [3.8, 4) is 0 Å². The summed E-state index contributed by atoms with van der Waals surface area (Å²) in [5, 5.41) is 9.99. The zero-order chi connectivity index (χ0) is 13.1. The number of hydrogen-bond donors (Lipinski definition) is 2. The van der Waals surface area contributed by atoms with Gasteiger partial charge in [0.25, 0.3) is 0 Å². The zero-order valence-corrected chi connectivity index (χ0v) is 8.72. The SMILES string of the molecule is CC(=O)N[C@@H](CS(=O)(=O)C(F)(F)F)C(=O)O. The predicted molar refractivity (Wildman–Crippen MR) is 45.1 cm³/mol. The number of carboxylic acids is 1. The molecule has 0 saturated carbocycles. The normalized spacial score (nSPS) is 14.2. The quantitative estimate of drug-likeness (QED) is 0.712. The summed E-state index contributed by atoms with van der Waals surface area (Å²) in [6, 6.07) is -2.12. The van der Waals surface area contributed by atoms with Gasteiger partial charge in [0, 0.05) is 6.92 Å². The maximum Gasteiger partial charge on any atom is 0.497 e. The van der Waals surface area contributed by atoms with Crippen molar-refractivity contribution in [2.45, 2.75) is 18.5 Å². The van der Waals surface area contributed by atoms with E-state index in [1.54, 1.807) is 5.32 Å². The average molecular weight is 263 g/mol. The molecule has 16 heavy (non-hydrogen) atoms. The van der Waals surface area contributed by atoms with Crippen LogP contribution in [-0.4, -0.2) is 42.7 Å². The van der Waals surface area contributed by atoms with Crippen LogP contribution in [0.5, 0.6) is 0 Å². The van der Waals surface area contributed by atoms with E-state index in [-0.39, 0.29) is 0 Å². The number of rotatable bonds is 4. The molecule has 0 aromatic carbocycles. The van der Waals surface area contributed by atoms with Crippen molar-refractivity contribution in [2.24, 2.45) is 0 Å². The van der Waals surface area contributed by atoms with Gasteiger partial charge in [-0.15, -0.1) is 0 Å². The van der Waals surface area contributed by atoms with Gasteiger partial charge < -0.3 is 10.4 Å². The number of nitrogens with one attached hydrogen (secondary N) is 1. The van der Waals surface area contributed by atoms with Crippen LogP contribution in [0.4, 0.5) is 13.2 Å². The Kier molecular flexibility index (Phi) is 4.29. The molecule has 0 aliphatic rings. The monoisotopic (exact) mass is 263 g/mol. The van der Waals surface area contributed by atoms with Crippen LogP contribution in [0.1, 0.15) is 6.92 Å². The van der Waals surface area contributed by atoms with Gasteiger partial charge in [-0.2, -0.15) is 13.2 Å². The molecule has 0 bridgehead atoms. The van der Waals surface area contributed by atoms with E-state index in [0.717, 1.165) is 6.92 Å². The number of alkyl halides is 3. The minimum atomic E-state index is -5.58. The van der Waals surface area contributed by atoms with E-state index in [2.05, 4.69) is 0 Å². The molecule has 1 amide bonds. The molecule has 0 aliphatic carbocycles. The first-order valence-corrected chi connectivity index (χ1v) is 5.41. The van der Waals surface area contributed by atoms with Crippen LogP contribution in [0, 0.1) is 0 Å². The third-order valence-electron chi connectivity index (χ3n) is 1.41. The molecule has 1 atom stereocenters. The fraction of sp³-hybridized carbons (Fsp3) is 0.667. The molecule has 6 nitrogen and oxygen atoms in total. The first-order valence-electron chi connectivity index (χ1n) is 3.76. The third kappa shape index (κ3) is 4.04. The molecule has 94 valence electrons. The van der Waals surface area contributed by atoms with Crippen LogP contribution in [-0.2, 0) is 19.4 Å². The summed E-state index contributed by atoms with van der Waals surface area (Å²) >= 11 is 0. The highest BCUT2D eigenvalue weighted by atomic mass is 32.2. The molecule has 2 N–H and O–H groups in total. The Morgan fingerprint density at radius 3 is 2.06 bits per heavy atom. The van der Waals surface area contributed by atoms with E-state index in [0.29, 0.717) is 0 Å². The fourth-order valence-electron chi connectivity index (χ4n) is 0.734. The number of aliphatic carboxylic acids is 1. The topological polar surface area (TPSA) is 101 Å². The minimum absolute atomic E-state index is 0.857. The molecule has 0 heterocycles. The fourth-order valence-corrected chi connectivity index (χ4v) is 1.59. The summed E-state index contributed by atoms with van der Waals surface area (Å²) in [5.41, 5.74) is -5.54. The van der Waals surface area contributed by atoms with Gasteiger partial charge in [-0.3, -0.25) is 4.79 Å². The number of hydrogen-bond acceptors (Lipinski definition) is 4. The Morgan fingerprint density at radius 2 is 1.81 bits per heavy atom. The van der Waals surface area contributed by atoms with Gasteiger partial charge in [-0.1, -0.05) is 0 Å². The lowest BCUT2D eigenvalue weighted by molar-refractivity contribution is -0.140. The molecule has 0 aromatic heterocycles. The van der Waals surface area contributed by atoms with Crippen molar-refractivity contribution >= 4 is 21.7 Å². The number of carboxylic acid groups (broad SMARTS) is 1. The Labute approximate surface area is 88.4 Å². The molecule has 0 rings (SSSR count). The molecule has 0 fully saturated rings. The average Bonchev–Trinajstić information content (AvgIpc) is 1.98. The van der Waals surface area contributed by atoms with Crippen LogP contribution in [0.25, 0.3) is 0 Å². The van der Waals surface area contributed by atoms with Gasteiger partial charge in [0.05, 0.1) is 5.75 Å². The van der Waals surface area contributed by atoms with Crippen LogP contribution in [0.2, 0.25) is 0 Å².